The molecule has 2 N–H and O–H groups in total. The van der Waals surface area contributed by atoms with Gasteiger partial charge in [-0.15, -0.1) is 0 Å². The van der Waals surface area contributed by atoms with Gasteiger partial charge in [-0.3, -0.25) is 4.68 Å². The molecule has 0 bridgehead atoms. The quantitative estimate of drug-likeness (QED) is 0.399. The van der Waals surface area contributed by atoms with E-state index in [-0.39, 0.29) is 17.4 Å². The third kappa shape index (κ3) is 4.27. The van der Waals surface area contributed by atoms with Crippen LogP contribution in [-0.2, 0) is 11.0 Å². The average molecular weight is 494 g/mol. The number of pyridine rings is 1. The Kier molecular flexibility index (Phi) is 5.49. The second kappa shape index (κ2) is 8.68. The Labute approximate surface area is 204 Å². The largest absolute Gasteiger partial charge is 0.391 e. The number of hydrogen-bond acceptors (Lipinski definition) is 9. The zero-order valence-corrected chi connectivity index (χ0v) is 20.4. The lowest BCUT2D eigenvalue weighted by Gasteiger charge is -2.14. The van der Waals surface area contributed by atoms with Gasteiger partial charge < -0.3 is 15.3 Å². The number of hydrogen-bond donors (Lipinski definition) is 2. The monoisotopic (exact) mass is 493 g/mol. The Bertz CT molecular complexity index is 1410. The Morgan fingerprint density at radius 1 is 1.17 bits per heavy atom. The van der Waals surface area contributed by atoms with Crippen LogP contribution in [0.1, 0.15) is 39.2 Å². The Morgan fingerprint density at radius 2 is 2.03 bits per heavy atom. The molecule has 11 nitrogen and oxygen atoms in total. The number of nitrogens with zero attached hydrogens (tertiary/aromatic N) is 8. The fraction of sp³-hybridized carbons (Fsp3) is 0.435. The first-order valence-electron chi connectivity index (χ1n) is 11.8. The van der Waals surface area contributed by atoms with E-state index in [0.29, 0.717) is 29.6 Å². The molecule has 2 aliphatic rings. The highest BCUT2D eigenvalue weighted by Gasteiger charge is 2.30. The van der Waals surface area contributed by atoms with Gasteiger partial charge in [0.05, 0.1) is 40.2 Å². The maximum absolute atomic E-state index is 12.4. The van der Waals surface area contributed by atoms with Crippen LogP contribution < -0.4 is 10.2 Å². The van der Waals surface area contributed by atoms with Crippen molar-refractivity contribution in [1.29, 1.82) is 0 Å². The molecular weight excluding hydrogens is 466 g/mol. The van der Waals surface area contributed by atoms with E-state index in [1.807, 2.05) is 16.9 Å². The van der Waals surface area contributed by atoms with Gasteiger partial charge in [-0.05, 0) is 39.2 Å². The number of β-amino-alcohol motifs (C(OH)–C–C–N with tert-alkyl or cyclic N) is 1. The average Bonchev–Trinajstić information content (AvgIpc) is 3.24. The Hall–Kier alpha value is -3.38. The van der Waals surface area contributed by atoms with Crippen molar-refractivity contribution in [2.75, 3.05) is 23.3 Å². The van der Waals surface area contributed by atoms with Crippen LogP contribution in [0.15, 0.2) is 36.9 Å². The van der Waals surface area contributed by atoms with Gasteiger partial charge in [0.25, 0.3) is 0 Å². The molecule has 1 aliphatic heterocycles. The first kappa shape index (κ1) is 22.1. The molecule has 1 saturated heterocycles. The third-order valence-electron chi connectivity index (χ3n) is 6.25. The molecule has 4 aromatic heterocycles. The lowest BCUT2D eigenvalue weighted by atomic mass is 10.2. The van der Waals surface area contributed by atoms with Gasteiger partial charge in [0, 0.05) is 37.6 Å². The van der Waals surface area contributed by atoms with Gasteiger partial charge in [0.2, 0.25) is 0 Å². The summed E-state index contributed by atoms with van der Waals surface area (Å²) in [7, 11) is -1.14. The van der Waals surface area contributed by atoms with E-state index in [0.717, 1.165) is 42.5 Å². The maximum Gasteiger partial charge on any atom is 0.164 e. The molecule has 5 heterocycles. The number of nitrogens with one attached hydrogen (secondary N) is 1. The lowest BCUT2D eigenvalue weighted by molar-refractivity contribution is 0.198. The molecule has 35 heavy (non-hydrogen) atoms. The number of aliphatic hydroxyl groups is 1. The predicted octanol–water partition coefficient (Wildman–Crippen LogP) is 2.65. The van der Waals surface area contributed by atoms with E-state index in [4.69, 9.17) is 5.10 Å². The second-order valence-corrected chi connectivity index (χ2v) is 10.9. The zero-order chi connectivity index (χ0) is 24.1. The summed E-state index contributed by atoms with van der Waals surface area (Å²) in [5.41, 5.74) is 1.67. The molecular formula is C23H27N9O2S. The molecule has 12 heteroatoms. The lowest BCUT2D eigenvalue weighted by Crippen LogP contribution is -2.22. The van der Waals surface area contributed by atoms with Crippen LogP contribution in [0.4, 0.5) is 17.5 Å². The van der Waals surface area contributed by atoms with Crippen LogP contribution in [0.25, 0.3) is 22.3 Å². The highest BCUT2D eigenvalue weighted by Crippen LogP contribution is 2.32. The normalized spacial score (nSPS) is 19.1. The van der Waals surface area contributed by atoms with Crippen molar-refractivity contribution in [3.63, 3.8) is 0 Å². The minimum atomic E-state index is -1.14. The van der Waals surface area contributed by atoms with E-state index < -0.39 is 11.0 Å². The topological polar surface area (TPSA) is 127 Å². The molecule has 0 spiro atoms. The molecule has 2 unspecified atom stereocenters. The van der Waals surface area contributed by atoms with Crippen LogP contribution >= 0.6 is 0 Å². The minimum Gasteiger partial charge on any atom is -0.391 e. The summed E-state index contributed by atoms with van der Waals surface area (Å²) in [6.45, 7) is 5.55. The first-order chi connectivity index (χ1) is 17.0. The molecule has 2 atom stereocenters. The van der Waals surface area contributed by atoms with E-state index in [1.165, 1.54) is 4.09 Å². The van der Waals surface area contributed by atoms with Crippen molar-refractivity contribution in [3.05, 3.63) is 36.9 Å². The summed E-state index contributed by atoms with van der Waals surface area (Å²) >= 11 is 0. The number of rotatable bonds is 7. The van der Waals surface area contributed by atoms with Gasteiger partial charge in [-0.1, -0.05) is 0 Å². The highest BCUT2D eigenvalue weighted by molar-refractivity contribution is 7.84. The zero-order valence-electron chi connectivity index (χ0n) is 19.6. The Morgan fingerprint density at radius 3 is 2.77 bits per heavy atom. The summed E-state index contributed by atoms with van der Waals surface area (Å²) in [5, 5.41) is 23.5. The van der Waals surface area contributed by atoms with Crippen LogP contribution in [-0.4, -0.2) is 67.7 Å². The molecule has 182 valence electrons. The van der Waals surface area contributed by atoms with Gasteiger partial charge in [0.1, 0.15) is 22.6 Å². The molecule has 2 fully saturated rings. The van der Waals surface area contributed by atoms with Gasteiger partial charge in [-0.25, -0.2) is 19.2 Å². The van der Waals surface area contributed by atoms with Gasteiger partial charge in [-0.2, -0.15) is 14.3 Å². The number of aliphatic hydroxyl groups excluding tert-OH is 1. The summed E-state index contributed by atoms with van der Waals surface area (Å²) in [6, 6.07) is 3.91. The van der Waals surface area contributed by atoms with E-state index in [2.05, 4.69) is 44.1 Å². The van der Waals surface area contributed by atoms with Crippen LogP contribution in [0.3, 0.4) is 0 Å². The third-order valence-corrected chi connectivity index (χ3v) is 7.86. The fourth-order valence-corrected chi connectivity index (χ4v) is 5.49. The smallest absolute Gasteiger partial charge is 0.164 e. The standard InChI is InChI=1S/C23H27N9O2S/c1-14(2)32-19-9-21(25-11-18(19)23(29-32)30-8-6-16(33)13-30)27-20-5-7-24-22(28-20)15-10-26-31(12-15)35(34)17-3-4-17/h5,7,9-12,14,16-17,33H,3-4,6,8,13H2,1-2H3,(H,24,25,27,28). The Balaban J connectivity index is 1.28. The second-order valence-electron chi connectivity index (χ2n) is 9.33. The van der Waals surface area contributed by atoms with Crippen LogP contribution in [0.2, 0.25) is 0 Å². The summed E-state index contributed by atoms with van der Waals surface area (Å²) in [5.74, 6) is 2.59. The van der Waals surface area contributed by atoms with Crippen molar-refractivity contribution in [1.82, 2.24) is 33.9 Å². The fourth-order valence-electron chi connectivity index (χ4n) is 4.29. The molecule has 0 aromatic carbocycles. The number of anilines is 3. The van der Waals surface area contributed by atoms with Crippen LogP contribution in [0, 0.1) is 0 Å². The molecule has 1 aliphatic carbocycles. The summed E-state index contributed by atoms with van der Waals surface area (Å²) in [4.78, 5) is 15.7. The number of aromatic nitrogens is 7. The van der Waals surface area contributed by atoms with Crippen molar-refractivity contribution in [2.45, 2.75) is 50.5 Å². The van der Waals surface area contributed by atoms with Crippen molar-refractivity contribution >= 4 is 39.3 Å². The summed E-state index contributed by atoms with van der Waals surface area (Å²) < 4.78 is 15.9. The maximum atomic E-state index is 12.4. The molecule has 1 saturated carbocycles. The molecule has 0 amide bonds. The first-order valence-corrected chi connectivity index (χ1v) is 13.0. The van der Waals surface area contributed by atoms with E-state index >= 15 is 0 Å². The van der Waals surface area contributed by atoms with Crippen LogP contribution in [0.5, 0.6) is 0 Å². The highest BCUT2D eigenvalue weighted by atomic mass is 32.2. The molecule has 6 rings (SSSR count). The van der Waals surface area contributed by atoms with Gasteiger partial charge >= 0.3 is 0 Å². The van der Waals surface area contributed by atoms with Crippen molar-refractivity contribution < 1.29 is 9.32 Å². The molecule has 0 radical (unpaired) electrons. The van der Waals surface area contributed by atoms with E-state index in [9.17, 15) is 9.32 Å². The number of fused-ring (bicyclic) bond motifs is 1. The van der Waals surface area contributed by atoms with Gasteiger partial charge in [0.15, 0.2) is 11.6 Å². The summed E-state index contributed by atoms with van der Waals surface area (Å²) in [6.07, 6.45) is 9.25. The predicted molar refractivity (Wildman–Crippen MR) is 134 cm³/mol. The van der Waals surface area contributed by atoms with Crippen molar-refractivity contribution in [2.24, 2.45) is 0 Å². The molecule has 4 aromatic rings. The minimum absolute atomic E-state index is 0.164. The SMILES string of the molecule is CC(C)n1nc(N2CCC(O)C2)c2cnc(Nc3ccnc(-c4cnn(S(=O)C5CC5)c4)n3)cc21. The van der Waals surface area contributed by atoms with Crippen molar-refractivity contribution in [3.8, 4) is 11.4 Å². The van der Waals surface area contributed by atoms with E-state index in [1.54, 1.807) is 24.7 Å².